The molecule has 0 radical (unpaired) electrons. The highest BCUT2D eigenvalue weighted by Gasteiger charge is 2.16. The van der Waals surface area contributed by atoms with E-state index in [0.717, 1.165) is 18.4 Å². The van der Waals surface area contributed by atoms with Gasteiger partial charge in [-0.2, -0.15) is 16.7 Å². The Balaban J connectivity index is 1.40. The van der Waals surface area contributed by atoms with Crippen molar-refractivity contribution in [2.24, 2.45) is 0 Å². The first-order valence-electron chi connectivity index (χ1n) is 9.92. The fourth-order valence-corrected chi connectivity index (χ4v) is 3.77. The summed E-state index contributed by atoms with van der Waals surface area (Å²) in [6.07, 6.45) is 7.03. The Bertz CT molecular complexity index is 852. The monoisotopic (exact) mass is 417 g/mol. The summed E-state index contributed by atoms with van der Waals surface area (Å²) in [5.74, 6) is 0.888. The fraction of sp³-hybridized carbons (Fsp3) is 0.524. The number of benzene rings is 1. The lowest BCUT2D eigenvalue weighted by atomic mass is 9.89. The minimum atomic E-state index is -0.466. The topological polar surface area (TPSA) is 94.3 Å². The van der Waals surface area contributed by atoms with Crippen molar-refractivity contribution in [1.29, 1.82) is 0 Å². The van der Waals surface area contributed by atoms with E-state index >= 15 is 0 Å². The lowest BCUT2D eigenvalue weighted by Gasteiger charge is -2.20. The Hall–Kier alpha value is -2.35. The number of nitrogens with one attached hydrogen (secondary N) is 1. The van der Waals surface area contributed by atoms with Crippen LogP contribution in [0.1, 0.15) is 60.6 Å². The largest absolute Gasteiger partial charge is 0.456 e. The van der Waals surface area contributed by atoms with E-state index in [-0.39, 0.29) is 25.0 Å². The number of carbonyl (C=O) groups is 2. The molecule has 7 nitrogen and oxygen atoms in total. The van der Waals surface area contributed by atoms with Gasteiger partial charge in [-0.05, 0) is 55.6 Å². The second kappa shape index (κ2) is 10.4. The number of hydrogen-bond donors (Lipinski definition) is 1. The van der Waals surface area contributed by atoms with E-state index in [1.807, 2.05) is 13.2 Å². The van der Waals surface area contributed by atoms with Gasteiger partial charge in [0.1, 0.15) is 0 Å². The van der Waals surface area contributed by atoms with Crippen LogP contribution < -0.4 is 5.32 Å². The van der Waals surface area contributed by atoms with Crippen LogP contribution in [0.15, 0.2) is 22.7 Å². The van der Waals surface area contributed by atoms with E-state index in [1.54, 1.807) is 11.8 Å². The highest BCUT2D eigenvalue weighted by atomic mass is 32.2. The molecule has 1 atom stereocenters. The van der Waals surface area contributed by atoms with Gasteiger partial charge in [-0.15, -0.1) is 0 Å². The van der Waals surface area contributed by atoms with Crippen LogP contribution in [0.3, 0.4) is 0 Å². The second-order valence-electron chi connectivity index (χ2n) is 7.22. The minimum absolute atomic E-state index is 0.0918. The summed E-state index contributed by atoms with van der Waals surface area (Å²) in [6.45, 7) is 1.64. The molecular weight excluding hydrogens is 390 g/mol. The molecule has 3 rings (SSSR count). The zero-order chi connectivity index (χ0) is 20.6. The number of rotatable bonds is 9. The third-order valence-corrected chi connectivity index (χ3v) is 5.49. The van der Waals surface area contributed by atoms with Gasteiger partial charge in [0, 0.05) is 6.42 Å². The van der Waals surface area contributed by atoms with Gasteiger partial charge in [-0.1, -0.05) is 23.4 Å². The van der Waals surface area contributed by atoms with Crippen molar-refractivity contribution in [3.05, 3.63) is 46.6 Å². The number of hydrogen-bond acceptors (Lipinski definition) is 7. The normalized spacial score (nSPS) is 14.1. The predicted octanol–water partition coefficient (Wildman–Crippen LogP) is 3.16. The standard InChI is InChI=1S/C21H27N3O4S/c1-14(16-8-7-15-5-3-4-6-17(15)11-16)22-19(25)12-27-21(26)10-9-20-23-18(13-29-2)24-28-20/h7-8,11,14H,3-6,9-10,12-13H2,1-2H3,(H,22,25)/t14-/m1/s1. The van der Waals surface area contributed by atoms with Crippen LogP contribution in [-0.2, 0) is 39.3 Å². The summed E-state index contributed by atoms with van der Waals surface area (Å²) in [5, 5.41) is 6.71. The number of carbonyl (C=O) groups excluding carboxylic acids is 2. The molecule has 0 saturated carbocycles. The van der Waals surface area contributed by atoms with Crippen molar-refractivity contribution in [3.8, 4) is 0 Å². The maximum absolute atomic E-state index is 12.1. The van der Waals surface area contributed by atoms with Crippen LogP contribution in [0.5, 0.6) is 0 Å². The number of ether oxygens (including phenoxy) is 1. The molecule has 29 heavy (non-hydrogen) atoms. The Kier molecular flexibility index (Phi) is 7.69. The molecule has 0 fully saturated rings. The average molecular weight is 418 g/mol. The molecule has 1 heterocycles. The zero-order valence-electron chi connectivity index (χ0n) is 16.9. The fourth-order valence-electron chi connectivity index (χ4n) is 3.40. The van der Waals surface area contributed by atoms with Gasteiger partial charge in [-0.25, -0.2) is 0 Å². The molecule has 1 N–H and O–H groups in total. The quantitative estimate of drug-likeness (QED) is 0.626. The Morgan fingerprint density at radius 1 is 1.28 bits per heavy atom. The molecule has 2 aromatic rings. The summed E-state index contributed by atoms with van der Waals surface area (Å²) in [7, 11) is 0. The molecule has 1 aliphatic rings. The highest BCUT2D eigenvalue weighted by Crippen LogP contribution is 2.24. The first kappa shape index (κ1) is 21.4. The summed E-state index contributed by atoms with van der Waals surface area (Å²) >= 11 is 1.59. The summed E-state index contributed by atoms with van der Waals surface area (Å²) in [5.41, 5.74) is 3.86. The van der Waals surface area contributed by atoms with Crippen molar-refractivity contribution in [2.75, 3.05) is 12.9 Å². The van der Waals surface area contributed by atoms with Gasteiger partial charge in [0.25, 0.3) is 5.91 Å². The zero-order valence-corrected chi connectivity index (χ0v) is 17.7. The number of thioether (sulfide) groups is 1. The van der Waals surface area contributed by atoms with Crippen LogP contribution in [0.4, 0.5) is 0 Å². The SMILES string of the molecule is CSCc1noc(CCC(=O)OCC(=O)N[C@H](C)c2ccc3c(c2)CCCC3)n1. The first-order chi connectivity index (χ1) is 14.0. The maximum atomic E-state index is 12.1. The number of esters is 1. The van der Waals surface area contributed by atoms with E-state index < -0.39 is 5.97 Å². The molecule has 1 aromatic carbocycles. The van der Waals surface area contributed by atoms with Crippen LogP contribution in [-0.4, -0.2) is 34.9 Å². The molecule has 1 aromatic heterocycles. The molecule has 0 spiro atoms. The third-order valence-electron chi connectivity index (χ3n) is 4.94. The lowest BCUT2D eigenvalue weighted by molar-refractivity contribution is -0.148. The van der Waals surface area contributed by atoms with Gasteiger partial charge < -0.3 is 14.6 Å². The molecule has 1 aliphatic carbocycles. The molecule has 0 saturated heterocycles. The number of nitrogens with zero attached hydrogens (tertiary/aromatic N) is 2. The second-order valence-corrected chi connectivity index (χ2v) is 8.09. The molecule has 0 aliphatic heterocycles. The van der Waals surface area contributed by atoms with E-state index in [9.17, 15) is 9.59 Å². The van der Waals surface area contributed by atoms with Gasteiger partial charge in [0.2, 0.25) is 5.89 Å². The Labute approximate surface area is 175 Å². The van der Waals surface area contributed by atoms with E-state index in [0.29, 0.717) is 23.9 Å². The molecule has 0 unspecified atom stereocenters. The van der Waals surface area contributed by atoms with Crippen molar-refractivity contribution in [2.45, 2.75) is 57.2 Å². The van der Waals surface area contributed by atoms with Gasteiger partial charge in [-0.3, -0.25) is 9.59 Å². The first-order valence-corrected chi connectivity index (χ1v) is 11.3. The third kappa shape index (κ3) is 6.32. The summed E-state index contributed by atoms with van der Waals surface area (Å²) in [6, 6.07) is 6.27. The number of amides is 1. The Morgan fingerprint density at radius 2 is 2.07 bits per heavy atom. The van der Waals surface area contributed by atoms with Gasteiger partial charge in [0.15, 0.2) is 12.4 Å². The van der Waals surface area contributed by atoms with E-state index in [2.05, 4.69) is 33.7 Å². The average Bonchev–Trinajstić information content (AvgIpc) is 3.18. The molecular formula is C21H27N3O4S. The number of fused-ring (bicyclic) bond motifs is 1. The number of aryl methyl sites for hydroxylation is 3. The van der Waals surface area contributed by atoms with Crippen LogP contribution in [0, 0.1) is 0 Å². The smallest absolute Gasteiger partial charge is 0.306 e. The molecule has 1 amide bonds. The van der Waals surface area contributed by atoms with E-state index in [1.165, 1.54) is 24.0 Å². The predicted molar refractivity (Wildman–Crippen MR) is 110 cm³/mol. The maximum Gasteiger partial charge on any atom is 0.306 e. The highest BCUT2D eigenvalue weighted by molar-refractivity contribution is 7.97. The number of aromatic nitrogens is 2. The van der Waals surface area contributed by atoms with Crippen molar-refractivity contribution < 1.29 is 18.8 Å². The van der Waals surface area contributed by atoms with Crippen molar-refractivity contribution in [1.82, 2.24) is 15.5 Å². The summed E-state index contributed by atoms with van der Waals surface area (Å²) < 4.78 is 10.1. The molecule has 8 heteroatoms. The van der Waals surface area contributed by atoms with Crippen LogP contribution >= 0.6 is 11.8 Å². The summed E-state index contributed by atoms with van der Waals surface area (Å²) in [4.78, 5) is 28.2. The van der Waals surface area contributed by atoms with Crippen LogP contribution in [0.2, 0.25) is 0 Å². The van der Waals surface area contributed by atoms with Gasteiger partial charge >= 0.3 is 5.97 Å². The van der Waals surface area contributed by atoms with Crippen LogP contribution in [0.25, 0.3) is 0 Å². The lowest BCUT2D eigenvalue weighted by Crippen LogP contribution is -2.31. The molecule has 0 bridgehead atoms. The Morgan fingerprint density at radius 3 is 2.86 bits per heavy atom. The molecule has 156 valence electrons. The van der Waals surface area contributed by atoms with Crippen molar-refractivity contribution in [3.63, 3.8) is 0 Å². The van der Waals surface area contributed by atoms with E-state index in [4.69, 9.17) is 9.26 Å². The minimum Gasteiger partial charge on any atom is -0.456 e. The van der Waals surface area contributed by atoms with Crippen molar-refractivity contribution >= 4 is 23.6 Å². The van der Waals surface area contributed by atoms with Gasteiger partial charge in [0.05, 0.1) is 18.2 Å².